The molecule has 146 valence electrons. The van der Waals surface area contributed by atoms with E-state index in [0.29, 0.717) is 30.9 Å². The van der Waals surface area contributed by atoms with Crippen LogP contribution in [-0.4, -0.2) is 34.4 Å². The molecule has 1 fully saturated rings. The van der Waals surface area contributed by atoms with Crippen LogP contribution in [0.15, 0.2) is 29.8 Å². The van der Waals surface area contributed by atoms with Crippen LogP contribution in [0.25, 0.3) is 6.08 Å². The van der Waals surface area contributed by atoms with Crippen molar-refractivity contribution < 1.29 is 19.6 Å². The lowest BCUT2D eigenvalue weighted by Crippen LogP contribution is -2.30. The Morgan fingerprint density at radius 1 is 1.15 bits per heavy atom. The van der Waals surface area contributed by atoms with Gasteiger partial charge in [-0.2, -0.15) is 0 Å². The summed E-state index contributed by atoms with van der Waals surface area (Å²) < 4.78 is 0. The topological polar surface area (TPSA) is 86.7 Å². The van der Waals surface area contributed by atoms with Crippen molar-refractivity contribution in [1.29, 1.82) is 0 Å². The fourth-order valence-corrected chi connectivity index (χ4v) is 3.10. The molecule has 1 aromatic carbocycles. The summed E-state index contributed by atoms with van der Waals surface area (Å²) >= 11 is 0. The Morgan fingerprint density at radius 2 is 1.81 bits per heavy atom. The van der Waals surface area contributed by atoms with Crippen molar-refractivity contribution in [2.45, 2.75) is 58.3 Å². The average molecular weight is 372 g/mol. The van der Waals surface area contributed by atoms with Gasteiger partial charge in [0.25, 0.3) is 5.91 Å². The molecule has 2 N–H and O–H groups in total. The Kier molecular flexibility index (Phi) is 7.73. The molecule has 0 atom stereocenters. The second kappa shape index (κ2) is 10.0. The Balaban J connectivity index is 1.84. The van der Waals surface area contributed by atoms with Crippen LogP contribution in [0.3, 0.4) is 0 Å². The van der Waals surface area contributed by atoms with Crippen molar-refractivity contribution in [1.82, 2.24) is 10.4 Å². The molecule has 0 radical (unpaired) electrons. The molecule has 3 amide bonds. The summed E-state index contributed by atoms with van der Waals surface area (Å²) in [6, 6.07) is 8.05. The van der Waals surface area contributed by atoms with Crippen LogP contribution in [0.1, 0.15) is 69.4 Å². The van der Waals surface area contributed by atoms with E-state index in [1.165, 1.54) is 10.5 Å². The van der Waals surface area contributed by atoms with Crippen LogP contribution < -0.4 is 5.48 Å². The van der Waals surface area contributed by atoms with Crippen molar-refractivity contribution in [2.24, 2.45) is 0 Å². The van der Waals surface area contributed by atoms with Gasteiger partial charge in [-0.3, -0.25) is 24.5 Å². The Hall–Kier alpha value is -2.47. The molecule has 0 saturated carbocycles. The lowest BCUT2D eigenvalue weighted by molar-refractivity contribution is -0.137. The molecule has 1 aliphatic rings. The number of benzene rings is 1. The fraction of sp³-hybridized carbons (Fsp3) is 0.476. The Morgan fingerprint density at radius 3 is 2.44 bits per heavy atom. The summed E-state index contributed by atoms with van der Waals surface area (Å²) in [5.41, 5.74) is 4.31. The molecule has 2 rings (SSSR count). The number of unbranched alkanes of at least 4 members (excludes halogenated alkanes) is 3. The summed E-state index contributed by atoms with van der Waals surface area (Å²) in [6.45, 7) is 4.67. The van der Waals surface area contributed by atoms with E-state index < -0.39 is 5.91 Å². The van der Waals surface area contributed by atoms with Crippen molar-refractivity contribution >= 4 is 23.8 Å². The van der Waals surface area contributed by atoms with Gasteiger partial charge in [0.2, 0.25) is 11.8 Å². The number of carbonyl (C=O) groups is 3. The molecule has 0 spiro atoms. The zero-order chi connectivity index (χ0) is 19.8. The van der Waals surface area contributed by atoms with Gasteiger partial charge < -0.3 is 0 Å². The van der Waals surface area contributed by atoms with E-state index in [1.807, 2.05) is 24.3 Å². The average Bonchev–Trinajstić information content (AvgIpc) is 2.91. The van der Waals surface area contributed by atoms with E-state index in [9.17, 15) is 14.4 Å². The van der Waals surface area contributed by atoms with Gasteiger partial charge in [0, 0.05) is 18.5 Å². The fourth-order valence-electron chi connectivity index (χ4n) is 3.10. The number of nitrogens with zero attached hydrogens (tertiary/aromatic N) is 1. The predicted molar refractivity (Wildman–Crippen MR) is 103 cm³/mol. The van der Waals surface area contributed by atoms with Crippen LogP contribution in [0, 0.1) is 0 Å². The van der Waals surface area contributed by atoms with Crippen molar-refractivity contribution in [2.75, 3.05) is 6.54 Å². The van der Waals surface area contributed by atoms with Gasteiger partial charge in [-0.15, -0.1) is 0 Å². The lowest BCUT2D eigenvalue weighted by atomic mass is 10.0. The van der Waals surface area contributed by atoms with Crippen LogP contribution in [-0.2, 0) is 14.4 Å². The van der Waals surface area contributed by atoms with Gasteiger partial charge in [0.05, 0.1) is 6.42 Å². The van der Waals surface area contributed by atoms with Crippen LogP contribution in [0.4, 0.5) is 0 Å². The minimum absolute atomic E-state index is 0.148. The third-order valence-electron chi connectivity index (χ3n) is 4.77. The molecule has 27 heavy (non-hydrogen) atoms. The lowest BCUT2D eigenvalue weighted by Gasteiger charge is -2.13. The van der Waals surface area contributed by atoms with Gasteiger partial charge in [-0.1, -0.05) is 51.0 Å². The van der Waals surface area contributed by atoms with E-state index in [4.69, 9.17) is 5.21 Å². The molecule has 1 aromatic rings. The number of hydroxylamine groups is 1. The Labute approximate surface area is 160 Å². The highest BCUT2D eigenvalue weighted by Crippen LogP contribution is 2.23. The van der Waals surface area contributed by atoms with Gasteiger partial charge in [0.1, 0.15) is 0 Å². The van der Waals surface area contributed by atoms with Gasteiger partial charge in [-0.05, 0) is 36.0 Å². The first-order valence-electron chi connectivity index (χ1n) is 9.50. The van der Waals surface area contributed by atoms with Crippen molar-refractivity contribution in [3.05, 3.63) is 41.0 Å². The number of rotatable bonds is 9. The normalized spacial score (nSPS) is 15.9. The predicted octanol–water partition coefficient (Wildman–Crippen LogP) is 3.41. The second-order valence-corrected chi connectivity index (χ2v) is 7.22. The molecule has 0 unspecified atom stereocenters. The van der Waals surface area contributed by atoms with E-state index in [0.717, 1.165) is 18.4 Å². The standard InChI is InChI=1S/C21H28N2O4/c1-15(2)17-10-8-16(9-11-17)13-18-14-20(25)23(21(18)26)12-6-4-3-5-7-19(24)22-27/h8-11,13,15,27H,3-7,12,14H2,1-2H3,(H,22,24). The SMILES string of the molecule is CC(C)c1ccc(C=C2CC(=O)N(CCCCCCC(=O)NO)C2=O)cc1. The smallest absolute Gasteiger partial charge is 0.256 e. The summed E-state index contributed by atoms with van der Waals surface area (Å²) in [5, 5.41) is 8.42. The molecule has 1 heterocycles. The van der Waals surface area contributed by atoms with Gasteiger partial charge in [0.15, 0.2) is 0 Å². The maximum Gasteiger partial charge on any atom is 0.256 e. The third-order valence-corrected chi connectivity index (χ3v) is 4.77. The molecule has 6 heteroatoms. The van der Waals surface area contributed by atoms with Gasteiger partial charge in [-0.25, -0.2) is 5.48 Å². The van der Waals surface area contributed by atoms with Crippen LogP contribution in [0.2, 0.25) is 0 Å². The first kappa shape index (κ1) is 20.8. The molecular formula is C21H28N2O4. The minimum atomic E-state index is -0.392. The van der Waals surface area contributed by atoms with Crippen molar-refractivity contribution in [3.8, 4) is 0 Å². The maximum absolute atomic E-state index is 12.5. The maximum atomic E-state index is 12.5. The Bertz CT molecular complexity index is 707. The number of hydrogen-bond acceptors (Lipinski definition) is 4. The van der Waals surface area contributed by atoms with E-state index >= 15 is 0 Å². The third kappa shape index (κ3) is 6.03. The highest BCUT2D eigenvalue weighted by atomic mass is 16.5. The molecule has 6 nitrogen and oxygen atoms in total. The van der Waals surface area contributed by atoms with E-state index in [2.05, 4.69) is 13.8 Å². The minimum Gasteiger partial charge on any atom is -0.289 e. The second-order valence-electron chi connectivity index (χ2n) is 7.22. The molecule has 1 aliphatic heterocycles. The summed E-state index contributed by atoms with van der Waals surface area (Å²) in [4.78, 5) is 36.9. The van der Waals surface area contributed by atoms with Crippen LogP contribution >= 0.6 is 0 Å². The van der Waals surface area contributed by atoms with E-state index in [1.54, 1.807) is 11.6 Å². The van der Waals surface area contributed by atoms with Crippen molar-refractivity contribution in [3.63, 3.8) is 0 Å². The number of carbonyl (C=O) groups excluding carboxylic acids is 3. The highest BCUT2D eigenvalue weighted by molar-refractivity contribution is 6.15. The molecular weight excluding hydrogens is 344 g/mol. The first-order valence-corrected chi connectivity index (χ1v) is 9.50. The number of nitrogens with one attached hydrogen (secondary N) is 1. The largest absolute Gasteiger partial charge is 0.289 e. The number of hydrogen-bond donors (Lipinski definition) is 2. The summed E-state index contributed by atoms with van der Waals surface area (Å²) in [6.07, 6.45) is 5.26. The first-order chi connectivity index (χ1) is 12.9. The quantitative estimate of drug-likeness (QED) is 0.229. The molecule has 0 aromatic heterocycles. The summed E-state index contributed by atoms with van der Waals surface area (Å²) in [5.74, 6) is -0.289. The van der Waals surface area contributed by atoms with Gasteiger partial charge >= 0.3 is 0 Å². The highest BCUT2D eigenvalue weighted by Gasteiger charge is 2.32. The zero-order valence-electron chi connectivity index (χ0n) is 16.0. The number of amides is 3. The molecule has 0 aliphatic carbocycles. The molecule has 0 bridgehead atoms. The van der Waals surface area contributed by atoms with E-state index in [-0.39, 0.29) is 24.7 Å². The summed E-state index contributed by atoms with van der Waals surface area (Å²) in [7, 11) is 0. The number of likely N-dealkylation sites (tertiary alicyclic amines) is 1. The zero-order valence-corrected chi connectivity index (χ0v) is 16.0. The number of imide groups is 1. The monoisotopic (exact) mass is 372 g/mol. The van der Waals surface area contributed by atoms with Crippen LogP contribution in [0.5, 0.6) is 0 Å². The molecule has 1 saturated heterocycles.